The summed E-state index contributed by atoms with van der Waals surface area (Å²) in [6, 6.07) is 7.50. The van der Waals surface area contributed by atoms with Crippen LogP contribution in [-0.2, 0) is 20.9 Å². The molecule has 1 aliphatic rings. The maximum Gasteiger partial charge on any atom is 0.189 e. The standard InChI is InChI=1S/C12H15NO4/c1-15-13-12(11-7-16-8-17-11)10-4-2-3-9(5-10)6-14/h2-5,13-14H,6-8H2,1H3. The van der Waals surface area contributed by atoms with Crippen LogP contribution in [0.2, 0.25) is 0 Å². The zero-order valence-corrected chi connectivity index (χ0v) is 9.60. The van der Waals surface area contributed by atoms with Crippen LogP contribution in [-0.4, -0.2) is 25.6 Å². The molecule has 5 nitrogen and oxygen atoms in total. The molecule has 0 aliphatic carbocycles. The highest BCUT2D eigenvalue weighted by Crippen LogP contribution is 2.21. The maximum atomic E-state index is 9.12. The first-order chi connectivity index (χ1) is 8.35. The third-order valence-corrected chi connectivity index (χ3v) is 2.43. The fraction of sp³-hybridized carbons (Fsp3) is 0.333. The van der Waals surface area contributed by atoms with E-state index in [0.717, 1.165) is 16.8 Å². The number of benzene rings is 1. The summed E-state index contributed by atoms with van der Waals surface area (Å²) < 4.78 is 10.5. The molecule has 17 heavy (non-hydrogen) atoms. The SMILES string of the molecule is CONC(=C1COCO1)c1cccc(CO)c1. The van der Waals surface area contributed by atoms with Gasteiger partial charge in [0.05, 0.1) is 13.7 Å². The van der Waals surface area contributed by atoms with Crippen molar-refractivity contribution < 1.29 is 19.4 Å². The zero-order valence-electron chi connectivity index (χ0n) is 9.60. The minimum absolute atomic E-state index is 0.000786. The van der Waals surface area contributed by atoms with Crippen molar-refractivity contribution in [3.63, 3.8) is 0 Å². The Labute approximate surface area is 99.6 Å². The second kappa shape index (κ2) is 5.67. The minimum atomic E-state index is 0.000786. The van der Waals surface area contributed by atoms with Crippen LogP contribution in [0.1, 0.15) is 11.1 Å². The van der Waals surface area contributed by atoms with Crippen LogP contribution < -0.4 is 5.48 Å². The van der Waals surface area contributed by atoms with Crippen LogP contribution in [0.3, 0.4) is 0 Å². The smallest absolute Gasteiger partial charge is 0.189 e. The molecule has 0 spiro atoms. The largest absolute Gasteiger partial charge is 0.467 e. The molecule has 1 fully saturated rings. The van der Waals surface area contributed by atoms with E-state index >= 15 is 0 Å². The summed E-state index contributed by atoms with van der Waals surface area (Å²) in [4.78, 5) is 4.94. The zero-order chi connectivity index (χ0) is 12.1. The van der Waals surface area contributed by atoms with Crippen molar-refractivity contribution >= 4 is 5.70 Å². The summed E-state index contributed by atoms with van der Waals surface area (Å²) in [7, 11) is 1.53. The van der Waals surface area contributed by atoms with E-state index in [1.165, 1.54) is 7.11 Å². The van der Waals surface area contributed by atoms with Crippen LogP contribution in [0.5, 0.6) is 0 Å². The van der Waals surface area contributed by atoms with E-state index in [1.54, 1.807) is 0 Å². The highest BCUT2D eigenvalue weighted by Gasteiger charge is 2.16. The average molecular weight is 237 g/mol. The topological polar surface area (TPSA) is 60.0 Å². The molecule has 1 heterocycles. The fourth-order valence-electron chi connectivity index (χ4n) is 1.64. The summed E-state index contributed by atoms with van der Waals surface area (Å²) in [5.74, 6) is 0.696. The summed E-state index contributed by atoms with van der Waals surface area (Å²) in [6.45, 7) is 0.666. The van der Waals surface area contributed by atoms with Gasteiger partial charge in [-0.1, -0.05) is 18.2 Å². The van der Waals surface area contributed by atoms with Crippen molar-refractivity contribution in [1.82, 2.24) is 5.48 Å². The van der Waals surface area contributed by atoms with Gasteiger partial charge >= 0.3 is 0 Å². The van der Waals surface area contributed by atoms with Gasteiger partial charge in [0, 0.05) is 5.56 Å². The van der Waals surface area contributed by atoms with Crippen molar-refractivity contribution in [2.24, 2.45) is 0 Å². The molecule has 0 saturated carbocycles. The average Bonchev–Trinajstić information content (AvgIpc) is 2.89. The van der Waals surface area contributed by atoms with Gasteiger partial charge in [-0.15, -0.1) is 0 Å². The molecule has 0 amide bonds. The number of rotatable bonds is 4. The van der Waals surface area contributed by atoms with E-state index in [1.807, 2.05) is 24.3 Å². The molecule has 1 saturated heterocycles. The molecule has 0 aromatic heterocycles. The van der Waals surface area contributed by atoms with Gasteiger partial charge in [-0.2, -0.15) is 0 Å². The van der Waals surface area contributed by atoms with Gasteiger partial charge in [-0.25, -0.2) is 0 Å². The Morgan fingerprint density at radius 2 is 2.41 bits per heavy atom. The summed E-state index contributed by atoms with van der Waals surface area (Å²) in [5, 5.41) is 9.12. The predicted octanol–water partition coefficient (Wildman–Crippen LogP) is 1.00. The van der Waals surface area contributed by atoms with Crippen LogP contribution >= 0.6 is 0 Å². The third-order valence-electron chi connectivity index (χ3n) is 2.43. The Bertz CT molecular complexity index is 409. The van der Waals surface area contributed by atoms with Gasteiger partial charge in [-0.3, -0.25) is 10.3 Å². The molecule has 1 aromatic rings. The first kappa shape index (κ1) is 11.9. The second-order valence-corrected chi connectivity index (χ2v) is 3.57. The lowest BCUT2D eigenvalue weighted by Crippen LogP contribution is -2.13. The summed E-state index contributed by atoms with van der Waals surface area (Å²) >= 11 is 0. The molecule has 2 rings (SSSR count). The molecule has 0 atom stereocenters. The fourth-order valence-corrected chi connectivity index (χ4v) is 1.64. The molecule has 0 radical (unpaired) electrons. The first-order valence-corrected chi connectivity index (χ1v) is 5.28. The van der Waals surface area contributed by atoms with Crippen molar-refractivity contribution in [3.8, 4) is 0 Å². The Morgan fingerprint density at radius 1 is 1.53 bits per heavy atom. The van der Waals surface area contributed by atoms with Crippen LogP contribution in [0.15, 0.2) is 30.0 Å². The van der Waals surface area contributed by atoms with E-state index < -0.39 is 0 Å². The molecule has 0 unspecified atom stereocenters. The Balaban J connectivity index is 2.34. The van der Waals surface area contributed by atoms with Crippen molar-refractivity contribution in [2.75, 3.05) is 20.5 Å². The minimum Gasteiger partial charge on any atom is -0.467 e. The molecule has 0 bridgehead atoms. The number of hydroxylamine groups is 1. The third kappa shape index (κ3) is 2.76. The molecule has 1 aliphatic heterocycles. The number of aliphatic hydroxyl groups excluding tert-OH is 1. The Hall–Kier alpha value is -1.56. The van der Waals surface area contributed by atoms with Gasteiger partial charge in [0.1, 0.15) is 12.3 Å². The lowest BCUT2D eigenvalue weighted by molar-refractivity contribution is 0.0788. The molecular formula is C12H15NO4. The monoisotopic (exact) mass is 237 g/mol. The van der Waals surface area contributed by atoms with Crippen molar-refractivity contribution in [2.45, 2.75) is 6.61 Å². The number of aliphatic hydroxyl groups is 1. The molecule has 5 heteroatoms. The number of ether oxygens (including phenoxy) is 2. The number of hydrogen-bond acceptors (Lipinski definition) is 5. The van der Waals surface area contributed by atoms with Gasteiger partial charge in [0.25, 0.3) is 0 Å². The quantitative estimate of drug-likeness (QED) is 0.765. The van der Waals surface area contributed by atoms with Crippen molar-refractivity contribution in [1.29, 1.82) is 0 Å². The maximum absolute atomic E-state index is 9.12. The highest BCUT2D eigenvalue weighted by atomic mass is 16.7. The highest BCUT2D eigenvalue weighted by molar-refractivity contribution is 5.66. The van der Waals surface area contributed by atoms with Crippen LogP contribution in [0, 0.1) is 0 Å². The summed E-state index contributed by atoms with van der Waals surface area (Å²) in [5.41, 5.74) is 5.23. The first-order valence-electron chi connectivity index (χ1n) is 5.28. The van der Waals surface area contributed by atoms with Gasteiger partial charge in [0.15, 0.2) is 12.6 Å². The van der Waals surface area contributed by atoms with Gasteiger partial charge in [0.2, 0.25) is 0 Å². The van der Waals surface area contributed by atoms with E-state index in [4.69, 9.17) is 19.4 Å². The Kier molecular flexibility index (Phi) is 3.98. The lowest BCUT2D eigenvalue weighted by Gasteiger charge is -2.12. The van der Waals surface area contributed by atoms with E-state index in [0.29, 0.717) is 12.4 Å². The van der Waals surface area contributed by atoms with Crippen LogP contribution in [0.25, 0.3) is 5.70 Å². The number of hydrogen-bond donors (Lipinski definition) is 2. The lowest BCUT2D eigenvalue weighted by atomic mass is 10.1. The Morgan fingerprint density at radius 3 is 3.06 bits per heavy atom. The normalized spacial score (nSPS) is 17.8. The molecule has 2 N–H and O–H groups in total. The van der Waals surface area contributed by atoms with Crippen LogP contribution in [0.4, 0.5) is 0 Å². The van der Waals surface area contributed by atoms with E-state index in [2.05, 4.69) is 5.48 Å². The number of nitrogens with one attached hydrogen (secondary N) is 1. The molecule has 1 aromatic carbocycles. The van der Waals surface area contributed by atoms with Crippen molar-refractivity contribution in [3.05, 3.63) is 41.2 Å². The predicted molar refractivity (Wildman–Crippen MR) is 61.3 cm³/mol. The molecular weight excluding hydrogens is 222 g/mol. The molecule has 92 valence electrons. The summed E-state index contributed by atoms with van der Waals surface area (Å²) in [6.07, 6.45) is 0. The van der Waals surface area contributed by atoms with E-state index in [9.17, 15) is 0 Å². The van der Waals surface area contributed by atoms with E-state index in [-0.39, 0.29) is 13.4 Å². The second-order valence-electron chi connectivity index (χ2n) is 3.57. The van der Waals surface area contributed by atoms with Gasteiger partial charge in [-0.05, 0) is 11.6 Å². The van der Waals surface area contributed by atoms with Gasteiger partial charge < -0.3 is 14.6 Å².